The third-order valence-corrected chi connectivity index (χ3v) is 4.64. The second kappa shape index (κ2) is 5.25. The van der Waals surface area contributed by atoms with Crippen LogP contribution in [0.25, 0.3) is 0 Å². The summed E-state index contributed by atoms with van der Waals surface area (Å²) in [5.74, 6) is -1.73. The van der Waals surface area contributed by atoms with Gasteiger partial charge in [-0.1, -0.05) is 6.07 Å². The fourth-order valence-corrected chi connectivity index (χ4v) is 3.07. The number of carboxylic acid groups (broad SMARTS) is 1. The standard InChI is InChI=1S/C14H15NO5S/c1-9-6-10(2)8-11(7-9)15(3)21(18,19)13-5-4-12(20-13)14(16)17/h4-8H,1-3H3,(H,16,17). The maximum Gasteiger partial charge on any atom is 0.371 e. The molecule has 2 rings (SSSR count). The van der Waals surface area contributed by atoms with Crippen molar-refractivity contribution in [2.75, 3.05) is 11.4 Å². The number of nitrogens with zero attached hydrogens (tertiary/aromatic N) is 1. The summed E-state index contributed by atoms with van der Waals surface area (Å²) in [4.78, 5) is 10.8. The average molecular weight is 309 g/mol. The summed E-state index contributed by atoms with van der Waals surface area (Å²) in [6, 6.07) is 7.64. The van der Waals surface area contributed by atoms with Gasteiger partial charge in [0.2, 0.25) is 10.9 Å². The summed E-state index contributed by atoms with van der Waals surface area (Å²) in [6.07, 6.45) is 0. The number of sulfonamides is 1. The molecule has 0 aliphatic rings. The first-order valence-corrected chi connectivity index (χ1v) is 7.56. The lowest BCUT2D eigenvalue weighted by Gasteiger charge is -2.19. The average Bonchev–Trinajstić information content (AvgIpc) is 2.86. The highest BCUT2D eigenvalue weighted by Gasteiger charge is 2.26. The fourth-order valence-electron chi connectivity index (χ4n) is 1.98. The third-order valence-electron chi connectivity index (χ3n) is 2.98. The van der Waals surface area contributed by atoms with Gasteiger partial charge in [-0.25, -0.2) is 4.79 Å². The molecule has 1 aromatic carbocycles. The van der Waals surface area contributed by atoms with Crippen LogP contribution in [0.1, 0.15) is 21.7 Å². The van der Waals surface area contributed by atoms with Crippen molar-refractivity contribution < 1.29 is 22.7 Å². The van der Waals surface area contributed by atoms with Crippen LogP contribution in [0.2, 0.25) is 0 Å². The minimum atomic E-state index is -3.93. The third kappa shape index (κ3) is 2.92. The largest absolute Gasteiger partial charge is 0.475 e. The van der Waals surface area contributed by atoms with Crippen LogP contribution in [0, 0.1) is 13.8 Å². The van der Waals surface area contributed by atoms with Crippen molar-refractivity contribution >= 4 is 21.7 Å². The lowest BCUT2D eigenvalue weighted by molar-refractivity contribution is 0.0656. The molecule has 0 atom stereocenters. The Bertz CT molecular complexity index is 771. The van der Waals surface area contributed by atoms with E-state index in [0.717, 1.165) is 27.6 Å². The molecule has 0 bridgehead atoms. The van der Waals surface area contributed by atoms with Gasteiger partial charge in [-0.15, -0.1) is 0 Å². The molecule has 0 saturated heterocycles. The topological polar surface area (TPSA) is 87.8 Å². The Hall–Kier alpha value is -2.28. The maximum atomic E-state index is 12.4. The molecule has 0 aliphatic carbocycles. The molecule has 0 amide bonds. The van der Waals surface area contributed by atoms with Crippen molar-refractivity contribution in [2.24, 2.45) is 0 Å². The second-order valence-electron chi connectivity index (χ2n) is 4.74. The quantitative estimate of drug-likeness (QED) is 0.937. The van der Waals surface area contributed by atoms with Gasteiger partial charge in [0.25, 0.3) is 10.0 Å². The highest BCUT2D eigenvalue weighted by atomic mass is 32.2. The maximum absolute atomic E-state index is 12.4. The van der Waals surface area contributed by atoms with Gasteiger partial charge in [-0.05, 0) is 49.2 Å². The van der Waals surface area contributed by atoms with Gasteiger partial charge in [-0.2, -0.15) is 8.42 Å². The monoisotopic (exact) mass is 309 g/mol. The molecule has 0 fully saturated rings. The number of hydrogen-bond donors (Lipinski definition) is 1. The zero-order valence-electron chi connectivity index (χ0n) is 11.8. The van der Waals surface area contributed by atoms with E-state index < -0.39 is 26.8 Å². The van der Waals surface area contributed by atoms with E-state index in [2.05, 4.69) is 0 Å². The summed E-state index contributed by atoms with van der Waals surface area (Å²) in [5, 5.41) is 8.39. The Balaban J connectivity index is 2.44. The first kappa shape index (κ1) is 15.1. The van der Waals surface area contributed by atoms with E-state index in [1.54, 1.807) is 12.1 Å². The molecule has 0 radical (unpaired) electrons. The molecule has 0 unspecified atom stereocenters. The minimum Gasteiger partial charge on any atom is -0.475 e. The Morgan fingerprint density at radius 3 is 2.19 bits per heavy atom. The second-order valence-corrected chi connectivity index (χ2v) is 6.64. The summed E-state index contributed by atoms with van der Waals surface area (Å²) in [6.45, 7) is 3.73. The van der Waals surface area contributed by atoms with Gasteiger partial charge in [0, 0.05) is 7.05 Å². The lowest BCUT2D eigenvalue weighted by Crippen LogP contribution is -2.26. The Morgan fingerprint density at radius 2 is 1.71 bits per heavy atom. The highest BCUT2D eigenvalue weighted by molar-refractivity contribution is 7.92. The molecule has 1 aromatic heterocycles. The lowest BCUT2D eigenvalue weighted by atomic mass is 10.1. The first-order valence-electron chi connectivity index (χ1n) is 6.12. The molecule has 0 saturated carbocycles. The number of hydrogen-bond acceptors (Lipinski definition) is 4. The number of furan rings is 1. The van der Waals surface area contributed by atoms with E-state index in [9.17, 15) is 13.2 Å². The van der Waals surface area contributed by atoms with Gasteiger partial charge >= 0.3 is 5.97 Å². The van der Waals surface area contributed by atoms with Crippen molar-refractivity contribution in [2.45, 2.75) is 18.9 Å². The summed E-state index contributed by atoms with van der Waals surface area (Å²) >= 11 is 0. The van der Waals surface area contributed by atoms with E-state index in [1.807, 2.05) is 19.9 Å². The van der Waals surface area contributed by atoms with E-state index in [0.29, 0.717) is 5.69 Å². The Morgan fingerprint density at radius 1 is 1.14 bits per heavy atom. The zero-order chi connectivity index (χ0) is 15.8. The Labute approximate surface area is 122 Å². The van der Waals surface area contributed by atoms with Crippen LogP contribution >= 0.6 is 0 Å². The smallest absolute Gasteiger partial charge is 0.371 e. The number of anilines is 1. The van der Waals surface area contributed by atoms with Crippen molar-refractivity contribution in [1.29, 1.82) is 0 Å². The molecular weight excluding hydrogens is 294 g/mol. The van der Waals surface area contributed by atoms with Gasteiger partial charge in [0.15, 0.2) is 0 Å². The van der Waals surface area contributed by atoms with Crippen LogP contribution in [0.15, 0.2) is 39.8 Å². The van der Waals surface area contributed by atoms with E-state index in [4.69, 9.17) is 9.52 Å². The van der Waals surface area contributed by atoms with Gasteiger partial charge in [-0.3, -0.25) is 4.31 Å². The molecule has 2 aromatic rings. The fraction of sp³-hybridized carbons (Fsp3) is 0.214. The van der Waals surface area contributed by atoms with Crippen LogP contribution < -0.4 is 4.31 Å². The molecule has 0 aliphatic heterocycles. The zero-order valence-corrected chi connectivity index (χ0v) is 12.6. The molecule has 21 heavy (non-hydrogen) atoms. The Kier molecular flexibility index (Phi) is 3.78. The molecule has 6 nitrogen and oxygen atoms in total. The molecule has 0 spiro atoms. The van der Waals surface area contributed by atoms with Crippen LogP contribution in [-0.2, 0) is 10.0 Å². The van der Waals surface area contributed by atoms with Crippen molar-refractivity contribution in [3.8, 4) is 0 Å². The summed E-state index contributed by atoms with van der Waals surface area (Å²) in [5.41, 5.74) is 2.34. The molecular formula is C14H15NO5S. The number of aryl methyl sites for hydroxylation is 2. The van der Waals surface area contributed by atoms with Gasteiger partial charge in [0.1, 0.15) is 0 Å². The van der Waals surface area contributed by atoms with Gasteiger partial charge in [0.05, 0.1) is 5.69 Å². The predicted octanol–water partition coefficient (Wildman–Crippen LogP) is 2.42. The summed E-state index contributed by atoms with van der Waals surface area (Å²) in [7, 11) is -2.54. The first-order chi connectivity index (χ1) is 9.71. The molecule has 1 N–H and O–H groups in total. The van der Waals surface area contributed by atoms with Gasteiger partial charge < -0.3 is 9.52 Å². The van der Waals surface area contributed by atoms with Crippen molar-refractivity contribution in [3.05, 3.63) is 47.2 Å². The van der Waals surface area contributed by atoms with E-state index in [1.165, 1.54) is 7.05 Å². The predicted molar refractivity (Wildman–Crippen MR) is 77.2 cm³/mol. The highest BCUT2D eigenvalue weighted by Crippen LogP contribution is 2.25. The van der Waals surface area contributed by atoms with Crippen LogP contribution in [0.3, 0.4) is 0 Å². The van der Waals surface area contributed by atoms with Crippen LogP contribution in [0.5, 0.6) is 0 Å². The minimum absolute atomic E-state index is 0.401. The molecule has 112 valence electrons. The number of aromatic carboxylic acids is 1. The normalized spacial score (nSPS) is 11.4. The number of carbonyl (C=O) groups is 1. The number of benzene rings is 1. The van der Waals surface area contributed by atoms with Crippen LogP contribution in [0.4, 0.5) is 5.69 Å². The van der Waals surface area contributed by atoms with E-state index >= 15 is 0 Å². The SMILES string of the molecule is Cc1cc(C)cc(N(C)S(=O)(=O)c2ccc(C(=O)O)o2)c1. The summed E-state index contributed by atoms with van der Waals surface area (Å²) < 4.78 is 30.8. The van der Waals surface area contributed by atoms with Crippen LogP contribution in [-0.4, -0.2) is 26.5 Å². The van der Waals surface area contributed by atoms with Crippen molar-refractivity contribution in [3.63, 3.8) is 0 Å². The van der Waals surface area contributed by atoms with E-state index in [-0.39, 0.29) is 0 Å². The number of carboxylic acids is 1. The van der Waals surface area contributed by atoms with Crippen molar-refractivity contribution in [1.82, 2.24) is 0 Å². The molecule has 7 heteroatoms. The molecule has 1 heterocycles. The number of rotatable bonds is 4.